The molecular weight excluding hydrogens is 256 g/mol. The summed E-state index contributed by atoms with van der Waals surface area (Å²) in [7, 11) is 0. The van der Waals surface area contributed by atoms with Gasteiger partial charge in [-0.05, 0) is 55.0 Å². The van der Waals surface area contributed by atoms with Crippen LogP contribution in [0.1, 0.15) is 12.5 Å². The Morgan fingerprint density at radius 1 is 1.05 bits per heavy atom. The zero-order chi connectivity index (χ0) is 13.8. The highest BCUT2D eigenvalue weighted by Crippen LogP contribution is 2.32. The van der Waals surface area contributed by atoms with Crippen molar-refractivity contribution < 1.29 is 4.79 Å². The van der Waals surface area contributed by atoms with Gasteiger partial charge in [-0.1, -0.05) is 11.8 Å². The van der Waals surface area contributed by atoms with E-state index in [1.54, 1.807) is 18.7 Å². The Labute approximate surface area is 117 Å². The van der Waals surface area contributed by atoms with Gasteiger partial charge < -0.3 is 11.5 Å². The van der Waals surface area contributed by atoms with E-state index in [1.165, 1.54) is 0 Å². The topological polar surface area (TPSA) is 69.1 Å². The van der Waals surface area contributed by atoms with Gasteiger partial charge in [0.15, 0.2) is 0 Å². The number of ketones is 1. The molecule has 0 saturated heterocycles. The molecule has 0 unspecified atom stereocenters. The van der Waals surface area contributed by atoms with E-state index in [4.69, 9.17) is 11.5 Å². The fourth-order valence-corrected chi connectivity index (χ4v) is 2.69. The molecule has 19 heavy (non-hydrogen) atoms. The first kappa shape index (κ1) is 13.5. The molecule has 0 aliphatic carbocycles. The molecule has 4 N–H and O–H groups in total. The quantitative estimate of drug-likeness (QED) is 0.839. The zero-order valence-corrected chi connectivity index (χ0v) is 11.5. The number of rotatable bonds is 4. The summed E-state index contributed by atoms with van der Waals surface area (Å²) in [5, 5.41) is 0. The largest absolute Gasteiger partial charge is 0.399 e. The molecule has 0 atom stereocenters. The first-order chi connectivity index (χ1) is 9.04. The average Bonchev–Trinajstić information content (AvgIpc) is 2.34. The van der Waals surface area contributed by atoms with Gasteiger partial charge in [-0.2, -0.15) is 0 Å². The van der Waals surface area contributed by atoms with Crippen LogP contribution in [-0.4, -0.2) is 5.78 Å². The molecule has 2 aromatic carbocycles. The smallest absolute Gasteiger partial charge is 0.134 e. The number of hydrogen-bond acceptors (Lipinski definition) is 4. The third-order valence-electron chi connectivity index (χ3n) is 2.63. The Morgan fingerprint density at radius 2 is 1.68 bits per heavy atom. The van der Waals surface area contributed by atoms with Crippen molar-refractivity contribution in [1.82, 2.24) is 0 Å². The summed E-state index contributed by atoms with van der Waals surface area (Å²) < 4.78 is 0. The molecule has 0 aliphatic heterocycles. The van der Waals surface area contributed by atoms with Crippen LogP contribution in [-0.2, 0) is 11.2 Å². The molecule has 2 aromatic rings. The zero-order valence-electron chi connectivity index (χ0n) is 10.7. The molecule has 0 aliphatic rings. The molecule has 0 saturated carbocycles. The summed E-state index contributed by atoms with van der Waals surface area (Å²) in [6, 6.07) is 13.3. The van der Waals surface area contributed by atoms with Gasteiger partial charge in [-0.3, -0.25) is 4.79 Å². The number of carbonyl (C=O) groups excluding carboxylic acids is 1. The molecule has 0 fully saturated rings. The minimum Gasteiger partial charge on any atom is -0.399 e. The lowest BCUT2D eigenvalue weighted by Gasteiger charge is -2.09. The van der Waals surface area contributed by atoms with Crippen LogP contribution in [0.2, 0.25) is 0 Å². The standard InChI is InChI=1S/C15H16N2OS/c1-10(18)8-11-9-13(17)4-7-15(11)19-14-5-2-12(16)3-6-14/h2-7,9H,8,16-17H2,1H3. The van der Waals surface area contributed by atoms with Crippen molar-refractivity contribution in [3.8, 4) is 0 Å². The number of nitrogens with two attached hydrogens (primary N) is 2. The summed E-state index contributed by atoms with van der Waals surface area (Å²) >= 11 is 1.61. The van der Waals surface area contributed by atoms with Crippen LogP contribution in [0.5, 0.6) is 0 Å². The minimum atomic E-state index is 0.129. The molecule has 0 bridgehead atoms. The maximum absolute atomic E-state index is 11.3. The summed E-state index contributed by atoms with van der Waals surface area (Å²) in [6.45, 7) is 1.58. The van der Waals surface area contributed by atoms with Crippen molar-refractivity contribution >= 4 is 28.9 Å². The Bertz CT molecular complexity index is 594. The van der Waals surface area contributed by atoms with Gasteiger partial charge in [-0.15, -0.1) is 0 Å². The van der Waals surface area contributed by atoms with Crippen LogP contribution in [0.25, 0.3) is 0 Å². The van der Waals surface area contributed by atoms with E-state index >= 15 is 0 Å². The van der Waals surface area contributed by atoms with Crippen LogP contribution >= 0.6 is 11.8 Å². The second-order valence-electron chi connectivity index (χ2n) is 4.42. The number of anilines is 2. The van der Waals surface area contributed by atoms with Gasteiger partial charge in [0, 0.05) is 27.6 Å². The van der Waals surface area contributed by atoms with Crippen molar-refractivity contribution in [1.29, 1.82) is 0 Å². The number of nitrogen functional groups attached to an aromatic ring is 2. The fourth-order valence-electron chi connectivity index (χ4n) is 1.77. The van der Waals surface area contributed by atoms with Gasteiger partial charge in [0.05, 0.1) is 0 Å². The van der Waals surface area contributed by atoms with Crippen LogP contribution in [0, 0.1) is 0 Å². The normalized spacial score (nSPS) is 10.4. The van der Waals surface area contributed by atoms with Crippen molar-refractivity contribution in [3.05, 3.63) is 48.0 Å². The fraction of sp³-hybridized carbons (Fsp3) is 0.133. The second-order valence-corrected chi connectivity index (χ2v) is 5.53. The highest BCUT2D eigenvalue weighted by atomic mass is 32.2. The van der Waals surface area contributed by atoms with E-state index in [2.05, 4.69) is 0 Å². The first-order valence-electron chi connectivity index (χ1n) is 5.96. The van der Waals surface area contributed by atoms with Crippen LogP contribution in [0.15, 0.2) is 52.3 Å². The van der Waals surface area contributed by atoms with Gasteiger partial charge in [-0.25, -0.2) is 0 Å². The molecule has 0 heterocycles. The predicted octanol–water partition coefficient (Wildman–Crippen LogP) is 3.13. The lowest BCUT2D eigenvalue weighted by molar-refractivity contribution is -0.116. The Balaban J connectivity index is 2.28. The molecule has 98 valence electrons. The third-order valence-corrected chi connectivity index (χ3v) is 3.76. The monoisotopic (exact) mass is 272 g/mol. The van der Waals surface area contributed by atoms with Gasteiger partial charge in [0.2, 0.25) is 0 Å². The highest BCUT2D eigenvalue weighted by molar-refractivity contribution is 7.99. The predicted molar refractivity (Wildman–Crippen MR) is 80.2 cm³/mol. The second kappa shape index (κ2) is 5.80. The number of benzene rings is 2. The van der Waals surface area contributed by atoms with Crippen molar-refractivity contribution in [2.45, 2.75) is 23.1 Å². The average molecular weight is 272 g/mol. The molecule has 3 nitrogen and oxygen atoms in total. The van der Waals surface area contributed by atoms with Gasteiger partial charge in [0.25, 0.3) is 0 Å². The molecule has 0 amide bonds. The lowest BCUT2D eigenvalue weighted by Crippen LogP contribution is -1.99. The van der Waals surface area contributed by atoms with E-state index in [0.717, 1.165) is 21.0 Å². The SMILES string of the molecule is CC(=O)Cc1cc(N)ccc1Sc1ccc(N)cc1. The van der Waals surface area contributed by atoms with E-state index in [-0.39, 0.29) is 5.78 Å². The van der Waals surface area contributed by atoms with Crippen LogP contribution in [0.4, 0.5) is 11.4 Å². The van der Waals surface area contributed by atoms with E-state index in [0.29, 0.717) is 12.1 Å². The van der Waals surface area contributed by atoms with Crippen LogP contribution in [0.3, 0.4) is 0 Å². The Morgan fingerprint density at radius 3 is 2.32 bits per heavy atom. The summed E-state index contributed by atoms with van der Waals surface area (Å²) in [6.07, 6.45) is 0.405. The van der Waals surface area contributed by atoms with E-state index in [1.807, 2.05) is 42.5 Å². The minimum absolute atomic E-state index is 0.129. The molecule has 4 heteroatoms. The highest BCUT2D eigenvalue weighted by Gasteiger charge is 2.07. The van der Waals surface area contributed by atoms with Gasteiger partial charge in [0.1, 0.15) is 5.78 Å². The lowest BCUT2D eigenvalue weighted by atomic mass is 10.1. The molecule has 0 spiro atoms. The van der Waals surface area contributed by atoms with Crippen molar-refractivity contribution in [2.24, 2.45) is 0 Å². The maximum atomic E-state index is 11.3. The molecule has 0 radical (unpaired) electrons. The van der Waals surface area contributed by atoms with Crippen molar-refractivity contribution in [3.63, 3.8) is 0 Å². The molecular formula is C15H16N2OS. The summed E-state index contributed by atoms with van der Waals surface area (Å²) in [4.78, 5) is 13.4. The van der Waals surface area contributed by atoms with Crippen LogP contribution < -0.4 is 11.5 Å². The summed E-state index contributed by atoms with van der Waals surface area (Å²) in [5.74, 6) is 0.129. The van der Waals surface area contributed by atoms with E-state index in [9.17, 15) is 4.79 Å². The third kappa shape index (κ3) is 3.76. The van der Waals surface area contributed by atoms with E-state index < -0.39 is 0 Å². The Hall–Kier alpha value is -1.94. The van der Waals surface area contributed by atoms with Gasteiger partial charge >= 0.3 is 0 Å². The van der Waals surface area contributed by atoms with Crippen molar-refractivity contribution in [2.75, 3.05) is 11.5 Å². The molecule has 2 rings (SSSR count). The maximum Gasteiger partial charge on any atom is 0.134 e. The number of hydrogen-bond donors (Lipinski definition) is 2. The summed E-state index contributed by atoms with van der Waals surface area (Å²) in [5.41, 5.74) is 13.8. The first-order valence-corrected chi connectivity index (χ1v) is 6.77. The Kier molecular flexibility index (Phi) is 4.12. The molecule has 0 aromatic heterocycles. The number of carbonyl (C=O) groups is 1. The number of Topliss-reactive ketones (excluding diaryl/α,β-unsaturated/α-hetero) is 1.